The number of halogens is 3. The molecular formula is C21H24F3N3O. The summed E-state index contributed by atoms with van der Waals surface area (Å²) >= 11 is 0. The van der Waals surface area contributed by atoms with Crippen molar-refractivity contribution in [2.45, 2.75) is 45.3 Å². The van der Waals surface area contributed by atoms with Crippen LogP contribution in [0.2, 0.25) is 0 Å². The molecule has 0 fully saturated rings. The van der Waals surface area contributed by atoms with E-state index in [0.29, 0.717) is 5.69 Å². The van der Waals surface area contributed by atoms with Crippen LogP contribution in [0.3, 0.4) is 0 Å². The van der Waals surface area contributed by atoms with Gasteiger partial charge in [-0.15, -0.1) is 0 Å². The highest BCUT2D eigenvalue weighted by atomic mass is 19.4. The molecule has 2 heterocycles. The molecule has 0 aliphatic carbocycles. The number of pyridine rings is 1. The number of nitrogens with zero attached hydrogens (tertiary/aromatic N) is 2. The van der Waals surface area contributed by atoms with Gasteiger partial charge >= 0.3 is 6.18 Å². The molecule has 28 heavy (non-hydrogen) atoms. The van der Waals surface area contributed by atoms with Crippen LogP contribution >= 0.6 is 0 Å². The average Bonchev–Trinajstić information content (AvgIpc) is 2.59. The van der Waals surface area contributed by atoms with Crippen molar-refractivity contribution in [3.63, 3.8) is 0 Å². The van der Waals surface area contributed by atoms with Crippen LogP contribution in [0.5, 0.6) is 0 Å². The van der Waals surface area contributed by atoms with E-state index >= 15 is 0 Å². The lowest BCUT2D eigenvalue weighted by molar-refractivity contribution is -0.138. The van der Waals surface area contributed by atoms with Gasteiger partial charge in [0.2, 0.25) is 0 Å². The summed E-state index contributed by atoms with van der Waals surface area (Å²) in [5.41, 5.74) is 1.15. The van der Waals surface area contributed by atoms with Gasteiger partial charge in [0.15, 0.2) is 0 Å². The first-order chi connectivity index (χ1) is 12.9. The van der Waals surface area contributed by atoms with E-state index in [1.54, 1.807) is 27.0 Å². The van der Waals surface area contributed by atoms with E-state index in [2.05, 4.69) is 15.2 Å². The highest BCUT2D eigenvalue weighted by Gasteiger charge is 2.37. The van der Waals surface area contributed by atoms with Crippen molar-refractivity contribution in [2.24, 2.45) is 0 Å². The molecule has 3 rings (SSSR count). The number of alkyl halides is 3. The van der Waals surface area contributed by atoms with E-state index in [1.807, 2.05) is 13.1 Å². The Balaban J connectivity index is 1.88. The van der Waals surface area contributed by atoms with Crippen molar-refractivity contribution < 1.29 is 18.0 Å². The Morgan fingerprint density at radius 2 is 1.86 bits per heavy atom. The Morgan fingerprint density at radius 3 is 2.50 bits per heavy atom. The standard InChI is InChI=1S/C21H24F3N3O/c1-20(2,3)16-6-5-13(10-17(16)21(22,23)24)19(28)26-15-9-14-12-27(4)8-7-18(14)25-11-15/h5-6,9-11H,7-8,12H2,1-4H3,(H,26,28). The van der Waals surface area contributed by atoms with Gasteiger partial charge in [-0.3, -0.25) is 9.78 Å². The maximum Gasteiger partial charge on any atom is 0.416 e. The second-order valence-electron chi connectivity index (χ2n) is 8.28. The van der Waals surface area contributed by atoms with E-state index in [9.17, 15) is 18.0 Å². The molecule has 0 saturated heterocycles. The van der Waals surface area contributed by atoms with Gasteiger partial charge < -0.3 is 10.2 Å². The molecule has 2 aromatic rings. The zero-order valence-corrected chi connectivity index (χ0v) is 16.4. The summed E-state index contributed by atoms with van der Waals surface area (Å²) in [7, 11) is 2.00. The fourth-order valence-electron chi connectivity index (χ4n) is 3.41. The predicted molar refractivity (Wildman–Crippen MR) is 102 cm³/mol. The number of nitrogens with one attached hydrogen (secondary N) is 1. The average molecular weight is 391 g/mol. The van der Waals surface area contributed by atoms with Crippen molar-refractivity contribution >= 4 is 11.6 Å². The Kier molecular flexibility index (Phi) is 5.23. The highest BCUT2D eigenvalue weighted by Crippen LogP contribution is 2.38. The molecule has 7 heteroatoms. The number of carbonyl (C=O) groups excluding carboxylic acids is 1. The van der Waals surface area contributed by atoms with E-state index in [0.717, 1.165) is 36.8 Å². The van der Waals surface area contributed by atoms with Gasteiger partial charge in [0.05, 0.1) is 17.4 Å². The second-order valence-corrected chi connectivity index (χ2v) is 8.28. The third kappa shape index (κ3) is 4.35. The first-order valence-electron chi connectivity index (χ1n) is 9.14. The lowest BCUT2D eigenvalue weighted by Gasteiger charge is -2.25. The number of fused-ring (bicyclic) bond motifs is 1. The summed E-state index contributed by atoms with van der Waals surface area (Å²) in [5.74, 6) is -0.586. The summed E-state index contributed by atoms with van der Waals surface area (Å²) in [6.45, 7) is 6.80. The molecule has 1 N–H and O–H groups in total. The molecule has 0 radical (unpaired) electrons. The number of likely N-dealkylation sites (N-methyl/N-ethyl adjacent to an activating group) is 1. The normalized spacial score (nSPS) is 15.2. The molecule has 0 unspecified atom stereocenters. The van der Waals surface area contributed by atoms with Gasteiger partial charge in [-0.25, -0.2) is 0 Å². The predicted octanol–water partition coefficient (Wildman–Crippen LogP) is 4.64. The topological polar surface area (TPSA) is 45.2 Å². The number of aromatic nitrogens is 1. The Labute approximate surface area is 162 Å². The number of amides is 1. The van der Waals surface area contributed by atoms with E-state index in [1.165, 1.54) is 12.1 Å². The largest absolute Gasteiger partial charge is 0.416 e. The van der Waals surface area contributed by atoms with Gasteiger partial charge in [0.1, 0.15) is 0 Å². The van der Waals surface area contributed by atoms with E-state index < -0.39 is 23.1 Å². The van der Waals surface area contributed by atoms with Crippen molar-refractivity contribution in [2.75, 3.05) is 18.9 Å². The van der Waals surface area contributed by atoms with Crippen molar-refractivity contribution in [1.29, 1.82) is 0 Å². The molecule has 1 aromatic carbocycles. The number of carbonyl (C=O) groups is 1. The molecule has 1 aliphatic heterocycles. The molecule has 1 aliphatic rings. The molecule has 150 valence electrons. The van der Waals surface area contributed by atoms with Crippen LogP contribution in [0.15, 0.2) is 30.5 Å². The van der Waals surface area contributed by atoms with Crippen LogP contribution in [-0.2, 0) is 24.6 Å². The number of hydrogen-bond acceptors (Lipinski definition) is 3. The number of anilines is 1. The van der Waals surface area contributed by atoms with Gasteiger partial charge in [0, 0.05) is 30.8 Å². The highest BCUT2D eigenvalue weighted by molar-refractivity contribution is 6.04. The number of benzene rings is 1. The summed E-state index contributed by atoms with van der Waals surface area (Å²) in [5, 5.41) is 2.67. The summed E-state index contributed by atoms with van der Waals surface area (Å²) in [6.07, 6.45) is -2.14. The number of hydrogen-bond donors (Lipinski definition) is 1. The molecule has 0 saturated carbocycles. The molecular weight excluding hydrogens is 367 g/mol. The van der Waals surface area contributed by atoms with Gasteiger partial charge in [-0.1, -0.05) is 26.8 Å². The maximum atomic E-state index is 13.5. The van der Waals surface area contributed by atoms with Gasteiger partial charge in [-0.2, -0.15) is 13.2 Å². The van der Waals surface area contributed by atoms with Crippen LogP contribution in [0, 0.1) is 0 Å². The van der Waals surface area contributed by atoms with E-state index in [-0.39, 0.29) is 11.1 Å². The van der Waals surface area contributed by atoms with Crippen molar-refractivity contribution in [3.8, 4) is 0 Å². The minimum absolute atomic E-state index is 0.0323. The summed E-state index contributed by atoms with van der Waals surface area (Å²) in [6, 6.07) is 5.59. The number of rotatable bonds is 2. The molecule has 1 amide bonds. The Bertz CT molecular complexity index is 901. The lowest BCUT2D eigenvalue weighted by atomic mass is 9.83. The zero-order chi connectivity index (χ0) is 20.7. The minimum Gasteiger partial charge on any atom is -0.321 e. The molecule has 1 aromatic heterocycles. The first-order valence-corrected chi connectivity index (χ1v) is 9.14. The molecule has 0 bridgehead atoms. The zero-order valence-electron chi connectivity index (χ0n) is 16.4. The fraction of sp³-hybridized carbons (Fsp3) is 0.429. The summed E-state index contributed by atoms with van der Waals surface area (Å²) in [4.78, 5) is 19.1. The monoisotopic (exact) mass is 391 g/mol. The summed E-state index contributed by atoms with van der Waals surface area (Å²) < 4.78 is 40.6. The van der Waals surface area contributed by atoms with Crippen LogP contribution in [0.1, 0.15) is 53.5 Å². The van der Waals surface area contributed by atoms with Crippen molar-refractivity contribution in [3.05, 3.63) is 58.4 Å². The van der Waals surface area contributed by atoms with Crippen molar-refractivity contribution in [1.82, 2.24) is 9.88 Å². The van der Waals surface area contributed by atoms with Gasteiger partial charge in [-0.05, 0) is 41.8 Å². The molecule has 4 nitrogen and oxygen atoms in total. The van der Waals surface area contributed by atoms with Crippen LogP contribution in [0.25, 0.3) is 0 Å². The second kappa shape index (κ2) is 7.20. The van der Waals surface area contributed by atoms with Gasteiger partial charge in [0.25, 0.3) is 5.91 Å². The Hall–Kier alpha value is -2.41. The van der Waals surface area contributed by atoms with Crippen LogP contribution < -0.4 is 5.32 Å². The quantitative estimate of drug-likeness (QED) is 0.811. The Morgan fingerprint density at radius 1 is 1.14 bits per heavy atom. The third-order valence-electron chi connectivity index (χ3n) is 4.88. The maximum absolute atomic E-state index is 13.5. The smallest absolute Gasteiger partial charge is 0.321 e. The first kappa shape index (κ1) is 20.3. The van der Waals surface area contributed by atoms with Crippen LogP contribution in [-0.4, -0.2) is 29.4 Å². The fourth-order valence-corrected chi connectivity index (χ4v) is 3.41. The van der Waals surface area contributed by atoms with Crippen LogP contribution in [0.4, 0.5) is 18.9 Å². The minimum atomic E-state index is -4.53. The third-order valence-corrected chi connectivity index (χ3v) is 4.88. The lowest BCUT2D eigenvalue weighted by Crippen LogP contribution is -2.27. The molecule has 0 atom stereocenters. The SMILES string of the molecule is CN1CCc2ncc(NC(=O)c3ccc(C(C)(C)C)c(C(F)(F)F)c3)cc2C1. The molecule has 0 spiro atoms. The van der Waals surface area contributed by atoms with E-state index in [4.69, 9.17) is 0 Å².